The molecule has 2 heterocycles. The number of carbonyl (C=O) groups is 2. The molecule has 2 aliphatic rings. The number of hydroxylamine groups is 5. The highest BCUT2D eigenvalue weighted by molar-refractivity contribution is 8.13. The Labute approximate surface area is 102 Å². The molecule has 0 aromatic carbocycles. The maximum absolute atomic E-state index is 12.3. The van der Waals surface area contributed by atoms with Crippen LogP contribution in [0.15, 0.2) is 0 Å². The van der Waals surface area contributed by atoms with Crippen LogP contribution in [0.4, 0.5) is 0 Å². The van der Waals surface area contributed by atoms with E-state index in [1.165, 1.54) is 0 Å². The van der Waals surface area contributed by atoms with Crippen molar-refractivity contribution in [2.24, 2.45) is 0 Å². The van der Waals surface area contributed by atoms with Crippen LogP contribution in [0.2, 0.25) is 0 Å². The summed E-state index contributed by atoms with van der Waals surface area (Å²) >= 11 is 0.969. The van der Waals surface area contributed by atoms with Crippen molar-refractivity contribution in [1.29, 1.82) is 0 Å². The van der Waals surface area contributed by atoms with Crippen LogP contribution in [-0.4, -0.2) is 57.0 Å². The highest BCUT2D eigenvalue weighted by atomic mass is 32.2. The Bertz CT molecular complexity index is 352. The number of nitrogens with zero attached hydrogens (tertiary/aromatic N) is 2. The number of thioether (sulfide) groups is 1. The number of quaternary nitrogens is 1. The zero-order chi connectivity index (χ0) is 12.6. The molecule has 0 saturated carbocycles. The van der Waals surface area contributed by atoms with Crippen LogP contribution in [0, 0.1) is 10.4 Å². The van der Waals surface area contributed by atoms with E-state index in [0.29, 0.717) is 5.06 Å². The molecule has 2 saturated heterocycles. The number of hydrogen-bond acceptors (Lipinski definition) is 6. The first-order chi connectivity index (χ1) is 7.92. The lowest BCUT2D eigenvalue weighted by Gasteiger charge is -2.54. The molecule has 2 aliphatic heterocycles. The third-order valence-corrected chi connectivity index (χ3v) is 4.36. The summed E-state index contributed by atoms with van der Waals surface area (Å²) < 4.78 is -0.674. The second kappa shape index (κ2) is 4.54. The Morgan fingerprint density at radius 1 is 1.65 bits per heavy atom. The van der Waals surface area contributed by atoms with E-state index in [1.54, 1.807) is 0 Å². The summed E-state index contributed by atoms with van der Waals surface area (Å²) in [7, 11) is 0. The fraction of sp³-hybridized carbons (Fsp3) is 0.778. The molecular formula is C9H13N2O5S-. The van der Waals surface area contributed by atoms with E-state index in [9.17, 15) is 20.0 Å². The molecule has 7 nitrogen and oxygen atoms in total. The zero-order valence-corrected chi connectivity index (χ0v) is 9.89. The number of hydrogen-bond donors (Lipinski definition) is 1. The number of fused-ring (bicyclic) bond motifs is 1. The van der Waals surface area contributed by atoms with Crippen molar-refractivity contribution in [2.75, 3.05) is 19.0 Å². The topological polar surface area (TPSA) is 104 Å². The first kappa shape index (κ1) is 12.8. The van der Waals surface area contributed by atoms with Crippen molar-refractivity contribution in [2.45, 2.75) is 24.9 Å². The van der Waals surface area contributed by atoms with E-state index in [-0.39, 0.29) is 36.9 Å². The number of aliphatic carboxylic acids is 1. The molecule has 3 unspecified atom stereocenters. The van der Waals surface area contributed by atoms with Gasteiger partial charge in [-0.2, -0.15) is 0 Å². The minimum Gasteiger partial charge on any atom is -0.785 e. The van der Waals surface area contributed by atoms with Crippen molar-refractivity contribution in [3.05, 3.63) is 10.4 Å². The molecular weight excluding hydrogens is 248 g/mol. The third kappa shape index (κ3) is 2.45. The summed E-state index contributed by atoms with van der Waals surface area (Å²) in [6.07, 6.45) is 0.0296. The van der Waals surface area contributed by atoms with Gasteiger partial charge >= 0.3 is 5.97 Å². The molecule has 3 atom stereocenters. The number of rotatable bonds is 3. The van der Waals surface area contributed by atoms with Crippen LogP contribution in [0.25, 0.3) is 0 Å². The molecule has 17 heavy (non-hydrogen) atoms. The normalized spacial score (nSPS) is 38.1. The van der Waals surface area contributed by atoms with Crippen molar-refractivity contribution in [3.8, 4) is 0 Å². The maximum Gasteiger partial charge on any atom is 0.303 e. The molecule has 2 fully saturated rings. The first-order valence-electron chi connectivity index (χ1n) is 5.32. The van der Waals surface area contributed by atoms with Gasteiger partial charge in [0.15, 0.2) is 6.04 Å². The Balaban J connectivity index is 2.03. The molecule has 0 aromatic heterocycles. The molecule has 0 aromatic rings. The SMILES string of the molecule is O=C(O)CCC1C[N+]2([O-])CSC(=O)C2CN1[O-]. The standard InChI is InChI=1S/C9H13N2O5S/c12-8(13)2-1-6-4-11(16)5-17-9(14)7(11)3-10(6)15/h6-7H,1-5H2,(H,12,13)/q-1. The predicted octanol–water partition coefficient (Wildman–Crippen LogP) is -0.0527. The average Bonchev–Trinajstić information content (AvgIpc) is 2.53. The minimum atomic E-state index is -0.982. The monoisotopic (exact) mass is 261 g/mol. The van der Waals surface area contributed by atoms with Gasteiger partial charge < -0.3 is 25.2 Å². The predicted molar refractivity (Wildman–Crippen MR) is 60.5 cm³/mol. The highest BCUT2D eigenvalue weighted by Crippen LogP contribution is 2.35. The average molecular weight is 261 g/mol. The van der Waals surface area contributed by atoms with Crippen molar-refractivity contribution < 1.29 is 19.3 Å². The molecule has 1 N–H and O–H groups in total. The Hall–Kier alpha value is -0.670. The van der Waals surface area contributed by atoms with Gasteiger partial charge in [0.05, 0.1) is 6.54 Å². The number of piperazine rings is 1. The van der Waals surface area contributed by atoms with E-state index in [4.69, 9.17) is 5.11 Å². The lowest BCUT2D eigenvalue weighted by atomic mass is 10.1. The molecule has 0 aliphatic carbocycles. The van der Waals surface area contributed by atoms with Gasteiger partial charge in [-0.25, -0.2) is 0 Å². The lowest BCUT2D eigenvalue weighted by molar-refractivity contribution is -0.887. The van der Waals surface area contributed by atoms with Crippen LogP contribution in [0.1, 0.15) is 12.8 Å². The minimum absolute atomic E-state index is 0.0141. The number of carboxylic acid groups (broad SMARTS) is 1. The van der Waals surface area contributed by atoms with E-state index in [1.807, 2.05) is 0 Å². The van der Waals surface area contributed by atoms with Gasteiger partial charge in [-0.1, -0.05) is 0 Å². The van der Waals surface area contributed by atoms with Gasteiger partial charge in [0.1, 0.15) is 5.88 Å². The van der Waals surface area contributed by atoms with Gasteiger partial charge in [-0.05, 0) is 18.2 Å². The van der Waals surface area contributed by atoms with E-state index in [2.05, 4.69) is 0 Å². The van der Waals surface area contributed by atoms with Crippen LogP contribution in [-0.2, 0) is 9.59 Å². The van der Waals surface area contributed by atoms with Crippen LogP contribution >= 0.6 is 11.8 Å². The molecule has 0 radical (unpaired) electrons. The van der Waals surface area contributed by atoms with Crippen LogP contribution < -0.4 is 0 Å². The summed E-state index contributed by atoms with van der Waals surface area (Å²) in [6, 6.07) is -1.38. The van der Waals surface area contributed by atoms with Crippen molar-refractivity contribution in [3.63, 3.8) is 0 Å². The fourth-order valence-electron chi connectivity index (χ4n) is 2.25. The Kier molecular flexibility index (Phi) is 3.41. The smallest absolute Gasteiger partial charge is 0.303 e. The largest absolute Gasteiger partial charge is 0.785 e. The quantitative estimate of drug-likeness (QED) is 0.561. The summed E-state index contributed by atoms with van der Waals surface area (Å²) in [5.41, 5.74) is 0. The summed E-state index contributed by atoms with van der Waals surface area (Å²) in [5.74, 6) is -0.842. The van der Waals surface area contributed by atoms with E-state index < -0.39 is 22.7 Å². The molecule has 96 valence electrons. The molecule has 8 heteroatoms. The lowest BCUT2D eigenvalue weighted by Crippen LogP contribution is -2.63. The van der Waals surface area contributed by atoms with Crippen molar-refractivity contribution in [1.82, 2.24) is 5.06 Å². The second-order valence-corrected chi connectivity index (χ2v) is 5.38. The van der Waals surface area contributed by atoms with Gasteiger partial charge in [0.25, 0.3) is 5.12 Å². The Morgan fingerprint density at radius 2 is 2.35 bits per heavy atom. The van der Waals surface area contributed by atoms with Crippen LogP contribution in [0.5, 0.6) is 0 Å². The van der Waals surface area contributed by atoms with Gasteiger partial charge in [-0.15, -0.1) is 0 Å². The molecule has 0 spiro atoms. The molecule has 2 rings (SSSR count). The number of carboxylic acids is 1. The molecule has 0 bridgehead atoms. The fourth-order valence-corrected chi connectivity index (χ4v) is 3.34. The highest BCUT2D eigenvalue weighted by Gasteiger charge is 2.47. The maximum atomic E-state index is 12.3. The van der Waals surface area contributed by atoms with Crippen LogP contribution in [0.3, 0.4) is 0 Å². The zero-order valence-electron chi connectivity index (χ0n) is 9.07. The first-order valence-corrected chi connectivity index (χ1v) is 6.31. The van der Waals surface area contributed by atoms with Crippen molar-refractivity contribution >= 4 is 22.8 Å². The van der Waals surface area contributed by atoms with E-state index in [0.717, 1.165) is 11.8 Å². The second-order valence-electron chi connectivity index (χ2n) is 4.43. The Morgan fingerprint density at radius 3 is 3.00 bits per heavy atom. The van der Waals surface area contributed by atoms with Gasteiger partial charge in [-0.3, -0.25) is 9.59 Å². The summed E-state index contributed by atoms with van der Waals surface area (Å²) in [4.78, 5) is 21.9. The van der Waals surface area contributed by atoms with E-state index >= 15 is 0 Å². The summed E-state index contributed by atoms with van der Waals surface area (Å²) in [5, 5.41) is 33.0. The third-order valence-electron chi connectivity index (χ3n) is 3.24. The summed E-state index contributed by atoms with van der Waals surface area (Å²) in [6.45, 7) is -0.0974. The van der Waals surface area contributed by atoms with Gasteiger partial charge in [0, 0.05) is 19.0 Å². The molecule has 0 amide bonds. The van der Waals surface area contributed by atoms with Gasteiger partial charge in [0.2, 0.25) is 0 Å². The number of carbonyl (C=O) groups excluding carboxylic acids is 1.